The van der Waals surface area contributed by atoms with E-state index in [0.29, 0.717) is 0 Å². The van der Waals surface area contributed by atoms with Crippen molar-refractivity contribution in [2.75, 3.05) is 5.73 Å². The van der Waals surface area contributed by atoms with Gasteiger partial charge in [-0.1, -0.05) is 6.07 Å². The molecule has 0 aliphatic carbocycles. The molecule has 4 heteroatoms. The van der Waals surface area contributed by atoms with Gasteiger partial charge in [0, 0.05) is 5.69 Å². The first-order valence-corrected chi connectivity index (χ1v) is 4.16. The van der Waals surface area contributed by atoms with Crippen molar-refractivity contribution in [2.24, 2.45) is 0 Å². The third-order valence-electron chi connectivity index (χ3n) is 2.10. The predicted octanol–water partition coefficient (Wildman–Crippen LogP) is 2.12. The normalized spacial score (nSPS) is 7.85. The van der Waals surface area contributed by atoms with Gasteiger partial charge in [0.2, 0.25) is 0 Å². The van der Waals surface area contributed by atoms with Crippen molar-refractivity contribution in [1.82, 2.24) is 0 Å². The molecule has 0 atom stereocenters. The van der Waals surface area contributed by atoms with E-state index in [-0.39, 0.29) is 12.4 Å². The zero-order valence-electron chi connectivity index (χ0n) is 8.13. The summed E-state index contributed by atoms with van der Waals surface area (Å²) in [4.78, 5) is 0. The number of hydrogen-bond donors (Lipinski definition) is 1. The van der Waals surface area contributed by atoms with Crippen molar-refractivity contribution in [2.45, 2.75) is 20.8 Å². The van der Waals surface area contributed by atoms with Gasteiger partial charge in [0.25, 0.3) is 0 Å². The number of aryl methyl sites for hydroxylation is 1. The van der Waals surface area contributed by atoms with Crippen LogP contribution in [0.15, 0.2) is 12.1 Å². The maximum absolute atomic E-state index is 8.17. The maximum atomic E-state index is 8.17. The average Bonchev–Trinajstić information content (AvgIpc) is 2.12. The Morgan fingerprint density at radius 1 is 1.08 bits per heavy atom. The van der Waals surface area contributed by atoms with E-state index in [1.807, 2.05) is 6.07 Å². The molecule has 0 saturated carbocycles. The summed E-state index contributed by atoms with van der Waals surface area (Å²) in [5.41, 5.74) is 10.4. The minimum atomic E-state index is 0. The number of hydrogen-bond acceptors (Lipinski definition) is 2. The van der Waals surface area contributed by atoms with Crippen LogP contribution < -0.4 is 5.73 Å². The second kappa shape index (κ2) is 7.09. The summed E-state index contributed by atoms with van der Waals surface area (Å²) in [5, 5.41) is 0. The van der Waals surface area contributed by atoms with Gasteiger partial charge in [-0.2, -0.15) is 0 Å². The van der Waals surface area contributed by atoms with E-state index in [9.17, 15) is 0 Å². The van der Waals surface area contributed by atoms with Crippen molar-refractivity contribution in [3.8, 4) is 0 Å². The summed E-state index contributed by atoms with van der Waals surface area (Å²) in [6.07, 6.45) is 0. The summed E-state index contributed by atoms with van der Waals surface area (Å²) in [5.74, 6) is 0. The third-order valence-corrected chi connectivity index (χ3v) is 2.10. The van der Waals surface area contributed by atoms with Gasteiger partial charge in [-0.25, -0.2) is 0 Å². The third kappa shape index (κ3) is 3.91. The molecule has 0 spiro atoms. The first kappa shape index (κ1) is 15.1. The molecule has 1 aromatic carbocycles. The van der Waals surface area contributed by atoms with E-state index in [2.05, 4.69) is 26.8 Å². The molecule has 0 saturated heterocycles. The summed E-state index contributed by atoms with van der Waals surface area (Å²) in [7, 11) is 0. The van der Waals surface area contributed by atoms with Crippen LogP contribution in [0.1, 0.15) is 16.7 Å². The van der Waals surface area contributed by atoms with Crippen LogP contribution in [-0.4, -0.2) is 16.2 Å². The second-order valence-electron chi connectivity index (χ2n) is 2.72. The average molecular weight is 215 g/mol. The Bertz CT molecular complexity index is 252. The van der Waals surface area contributed by atoms with Gasteiger partial charge in [0.05, 0.1) is 0 Å². The number of nitrogens with two attached hydrogens (primary N) is 1. The molecule has 0 fully saturated rings. The molecule has 71 valence electrons. The van der Waals surface area contributed by atoms with Crippen molar-refractivity contribution in [1.29, 1.82) is 0 Å². The molecule has 0 unspecified atom stereocenters. The summed E-state index contributed by atoms with van der Waals surface area (Å²) in [6, 6.07) is 4.01. The summed E-state index contributed by atoms with van der Waals surface area (Å²) >= 11 is 1.17. The van der Waals surface area contributed by atoms with Crippen molar-refractivity contribution in [3.05, 3.63) is 28.8 Å². The first-order chi connectivity index (χ1) is 5.63. The molecule has 0 aliphatic heterocycles. The van der Waals surface area contributed by atoms with Crippen molar-refractivity contribution < 1.29 is 3.80 Å². The van der Waals surface area contributed by atoms with E-state index in [1.54, 1.807) is 0 Å². The monoisotopic (exact) mass is 214 g/mol. The van der Waals surface area contributed by atoms with E-state index >= 15 is 0 Å². The Labute approximate surface area is 93.6 Å². The van der Waals surface area contributed by atoms with E-state index in [4.69, 9.17) is 9.54 Å². The summed E-state index contributed by atoms with van der Waals surface area (Å²) in [6.45, 7) is 6.25. The first-order valence-electron chi connectivity index (χ1n) is 3.69. The van der Waals surface area contributed by atoms with Crippen LogP contribution in [0.2, 0.25) is 0 Å². The molecule has 0 aliphatic rings. The Hall–Kier alpha value is -0.358. The molecule has 0 heterocycles. The number of benzene rings is 1. The van der Waals surface area contributed by atoms with Gasteiger partial charge < -0.3 is 5.73 Å². The van der Waals surface area contributed by atoms with Gasteiger partial charge in [0.15, 0.2) is 0 Å². The van der Waals surface area contributed by atoms with Crippen molar-refractivity contribution in [3.63, 3.8) is 0 Å². The number of nitrogen functional groups attached to an aromatic ring is 1. The standard InChI is InChI=1S/C9H13N.Al.ClH.O/c1-6-4-5-9(10)8(3)7(6)2;;;/h4-5H,10H2,1-3H3;;1H;. The quantitative estimate of drug-likeness (QED) is 0.531. The van der Waals surface area contributed by atoms with Crippen LogP contribution in [0.25, 0.3) is 0 Å². The topological polar surface area (TPSA) is 43.1 Å². The Morgan fingerprint density at radius 2 is 1.54 bits per heavy atom. The zero-order chi connectivity index (χ0) is 9.72. The molecule has 0 bridgehead atoms. The number of rotatable bonds is 0. The van der Waals surface area contributed by atoms with Gasteiger partial charge in [-0.3, -0.25) is 0 Å². The summed E-state index contributed by atoms with van der Waals surface area (Å²) < 4.78 is 8.17. The van der Waals surface area contributed by atoms with E-state index in [1.165, 1.54) is 32.9 Å². The SMILES string of the molecule is Cc1ccc(N)c(C)c1C.Cl.[O]=[Al]. The minimum absolute atomic E-state index is 0. The fourth-order valence-corrected chi connectivity index (χ4v) is 0.977. The van der Waals surface area contributed by atoms with Crippen LogP contribution in [0.4, 0.5) is 5.69 Å². The van der Waals surface area contributed by atoms with Crippen molar-refractivity contribution >= 4 is 34.3 Å². The van der Waals surface area contributed by atoms with E-state index in [0.717, 1.165) is 5.69 Å². The van der Waals surface area contributed by atoms with Crippen LogP contribution in [0.5, 0.6) is 0 Å². The van der Waals surface area contributed by atoms with Gasteiger partial charge in [0.1, 0.15) is 0 Å². The molecule has 2 N–H and O–H groups in total. The number of halogens is 1. The van der Waals surface area contributed by atoms with Gasteiger partial charge >= 0.3 is 20.0 Å². The van der Waals surface area contributed by atoms with Crippen LogP contribution in [0, 0.1) is 20.8 Å². The molecule has 13 heavy (non-hydrogen) atoms. The van der Waals surface area contributed by atoms with Crippen LogP contribution in [-0.2, 0) is 3.80 Å². The molecular weight excluding hydrogens is 201 g/mol. The molecule has 1 aromatic rings. The van der Waals surface area contributed by atoms with Gasteiger partial charge in [-0.05, 0) is 43.5 Å². The molecular formula is C9H14AlClNO. The molecule has 2 nitrogen and oxygen atoms in total. The van der Waals surface area contributed by atoms with Crippen LogP contribution in [0.3, 0.4) is 0 Å². The zero-order valence-corrected chi connectivity index (χ0v) is 10.1. The molecule has 1 rings (SSSR count). The Morgan fingerprint density at radius 3 is 1.92 bits per heavy atom. The fourth-order valence-electron chi connectivity index (χ4n) is 0.977. The Kier molecular flexibility index (Phi) is 8.25. The molecule has 1 radical (unpaired) electrons. The van der Waals surface area contributed by atoms with E-state index < -0.39 is 0 Å². The molecule has 0 aromatic heterocycles. The molecule has 0 amide bonds. The van der Waals surface area contributed by atoms with Crippen LogP contribution >= 0.6 is 12.4 Å². The second-order valence-corrected chi connectivity index (χ2v) is 2.72. The number of anilines is 1. The Balaban J connectivity index is 0. The van der Waals surface area contributed by atoms with Gasteiger partial charge in [-0.15, -0.1) is 12.4 Å². The predicted molar refractivity (Wildman–Crippen MR) is 58.8 cm³/mol. The fraction of sp³-hybridized carbons (Fsp3) is 0.333.